The summed E-state index contributed by atoms with van der Waals surface area (Å²) in [6.45, 7) is 2.16. The van der Waals surface area contributed by atoms with E-state index in [0.717, 1.165) is 31.1 Å². The Bertz CT molecular complexity index is 318. The van der Waals surface area contributed by atoms with Crippen LogP contribution in [0.3, 0.4) is 0 Å². The van der Waals surface area contributed by atoms with Crippen LogP contribution in [0.15, 0.2) is 18.2 Å². The average molecular weight is 206 g/mol. The van der Waals surface area contributed by atoms with Gasteiger partial charge in [-0.15, -0.1) is 0 Å². The molecule has 0 aliphatic carbocycles. The van der Waals surface area contributed by atoms with Crippen molar-refractivity contribution >= 4 is 6.29 Å². The van der Waals surface area contributed by atoms with Gasteiger partial charge in [0.2, 0.25) is 0 Å². The van der Waals surface area contributed by atoms with Crippen molar-refractivity contribution in [2.75, 3.05) is 0 Å². The van der Waals surface area contributed by atoms with Gasteiger partial charge in [-0.1, -0.05) is 38.3 Å². The lowest BCUT2D eigenvalue weighted by Crippen LogP contribution is -1.93. The van der Waals surface area contributed by atoms with Gasteiger partial charge in [0, 0.05) is 11.1 Å². The fraction of sp³-hybridized carbons (Fsp3) is 0.462. The second kappa shape index (κ2) is 6.23. The molecule has 0 aliphatic rings. The van der Waals surface area contributed by atoms with Gasteiger partial charge in [0.25, 0.3) is 0 Å². The molecular formula is C13H18O2. The number of phenols is 1. The first kappa shape index (κ1) is 11.8. The molecule has 1 aromatic rings. The fourth-order valence-corrected chi connectivity index (χ4v) is 1.70. The number of rotatable bonds is 6. The van der Waals surface area contributed by atoms with E-state index in [1.165, 1.54) is 12.8 Å². The van der Waals surface area contributed by atoms with Crippen LogP contribution >= 0.6 is 0 Å². The Hall–Kier alpha value is -1.31. The van der Waals surface area contributed by atoms with Gasteiger partial charge < -0.3 is 5.11 Å². The zero-order valence-corrected chi connectivity index (χ0v) is 9.20. The third kappa shape index (κ3) is 3.39. The highest BCUT2D eigenvalue weighted by atomic mass is 16.3. The van der Waals surface area contributed by atoms with Crippen LogP contribution in [0, 0.1) is 0 Å². The van der Waals surface area contributed by atoms with E-state index in [0.29, 0.717) is 5.56 Å². The Labute approximate surface area is 90.9 Å². The van der Waals surface area contributed by atoms with Crippen LogP contribution in [-0.2, 0) is 6.42 Å². The number of unbranched alkanes of at least 4 members (excludes halogenated alkanes) is 3. The lowest BCUT2D eigenvalue weighted by Gasteiger charge is -2.06. The molecule has 0 aliphatic heterocycles. The SMILES string of the molecule is CCCCCCc1c(O)cccc1C=O. The number of aldehydes is 1. The molecule has 0 bridgehead atoms. The van der Waals surface area contributed by atoms with Gasteiger partial charge in [0.15, 0.2) is 0 Å². The first-order valence-electron chi connectivity index (χ1n) is 5.55. The third-order valence-corrected chi connectivity index (χ3v) is 2.59. The molecular weight excluding hydrogens is 188 g/mol. The van der Waals surface area contributed by atoms with Crippen LogP contribution in [-0.4, -0.2) is 11.4 Å². The topological polar surface area (TPSA) is 37.3 Å². The average Bonchev–Trinajstić information content (AvgIpc) is 2.26. The van der Waals surface area contributed by atoms with Crippen molar-refractivity contribution < 1.29 is 9.90 Å². The molecule has 15 heavy (non-hydrogen) atoms. The predicted octanol–water partition coefficient (Wildman–Crippen LogP) is 3.33. The van der Waals surface area contributed by atoms with Crippen molar-refractivity contribution in [3.05, 3.63) is 29.3 Å². The van der Waals surface area contributed by atoms with Crippen LogP contribution in [0.2, 0.25) is 0 Å². The Kier molecular flexibility index (Phi) is 4.88. The normalized spacial score (nSPS) is 10.2. The maximum atomic E-state index is 10.8. The quantitative estimate of drug-likeness (QED) is 0.572. The van der Waals surface area contributed by atoms with Crippen LogP contribution in [0.5, 0.6) is 5.75 Å². The van der Waals surface area contributed by atoms with Crippen LogP contribution < -0.4 is 0 Å². The molecule has 1 N–H and O–H groups in total. The minimum atomic E-state index is 0.246. The molecule has 1 rings (SSSR count). The molecule has 2 heteroatoms. The summed E-state index contributed by atoms with van der Waals surface area (Å²) in [6, 6.07) is 5.10. The van der Waals surface area contributed by atoms with Crippen molar-refractivity contribution in [2.45, 2.75) is 39.0 Å². The summed E-state index contributed by atoms with van der Waals surface area (Å²) >= 11 is 0. The predicted molar refractivity (Wildman–Crippen MR) is 61.3 cm³/mol. The second-order valence-corrected chi connectivity index (χ2v) is 3.77. The Morgan fingerprint density at radius 3 is 2.73 bits per heavy atom. The molecule has 1 aromatic carbocycles. The number of phenolic OH excluding ortho intramolecular Hbond substituents is 1. The van der Waals surface area contributed by atoms with Crippen molar-refractivity contribution in [1.82, 2.24) is 0 Å². The first-order chi connectivity index (χ1) is 7.29. The lowest BCUT2D eigenvalue weighted by atomic mass is 10.0. The van der Waals surface area contributed by atoms with E-state index in [4.69, 9.17) is 0 Å². The summed E-state index contributed by atoms with van der Waals surface area (Å²) < 4.78 is 0. The molecule has 0 unspecified atom stereocenters. The Morgan fingerprint density at radius 2 is 2.07 bits per heavy atom. The number of carbonyl (C=O) groups excluding carboxylic acids is 1. The smallest absolute Gasteiger partial charge is 0.150 e. The summed E-state index contributed by atoms with van der Waals surface area (Å²) in [5, 5.41) is 9.62. The maximum absolute atomic E-state index is 10.8. The summed E-state index contributed by atoms with van der Waals surface area (Å²) in [7, 11) is 0. The van der Waals surface area contributed by atoms with Crippen molar-refractivity contribution in [1.29, 1.82) is 0 Å². The van der Waals surface area contributed by atoms with Crippen molar-refractivity contribution in [2.24, 2.45) is 0 Å². The molecule has 0 fully saturated rings. The van der Waals surface area contributed by atoms with Crippen molar-refractivity contribution in [3.8, 4) is 5.75 Å². The number of carbonyl (C=O) groups is 1. The summed E-state index contributed by atoms with van der Waals surface area (Å²) in [5.74, 6) is 0.246. The van der Waals surface area contributed by atoms with E-state index in [1.807, 2.05) is 0 Å². The van der Waals surface area contributed by atoms with Gasteiger partial charge in [0.05, 0.1) is 0 Å². The van der Waals surface area contributed by atoms with Gasteiger partial charge >= 0.3 is 0 Å². The molecule has 0 atom stereocenters. The van der Waals surface area contributed by atoms with Gasteiger partial charge in [-0.25, -0.2) is 0 Å². The highest BCUT2D eigenvalue weighted by molar-refractivity contribution is 5.78. The molecule has 2 nitrogen and oxygen atoms in total. The Balaban J connectivity index is 2.62. The van der Waals surface area contributed by atoms with E-state index in [9.17, 15) is 9.90 Å². The summed E-state index contributed by atoms with van der Waals surface area (Å²) in [5.41, 5.74) is 1.41. The van der Waals surface area contributed by atoms with E-state index < -0.39 is 0 Å². The first-order valence-corrected chi connectivity index (χ1v) is 5.55. The highest BCUT2D eigenvalue weighted by Gasteiger charge is 2.06. The molecule has 82 valence electrons. The van der Waals surface area contributed by atoms with Crippen LogP contribution in [0.1, 0.15) is 48.5 Å². The van der Waals surface area contributed by atoms with Crippen LogP contribution in [0.25, 0.3) is 0 Å². The summed E-state index contributed by atoms with van der Waals surface area (Å²) in [6.07, 6.45) is 6.20. The molecule has 0 amide bonds. The zero-order valence-electron chi connectivity index (χ0n) is 9.20. The molecule has 0 saturated heterocycles. The number of hydrogen-bond acceptors (Lipinski definition) is 2. The molecule has 0 aromatic heterocycles. The lowest BCUT2D eigenvalue weighted by molar-refractivity contribution is 0.112. The number of benzene rings is 1. The van der Waals surface area contributed by atoms with Crippen LogP contribution in [0.4, 0.5) is 0 Å². The molecule has 0 saturated carbocycles. The monoisotopic (exact) mass is 206 g/mol. The second-order valence-electron chi connectivity index (χ2n) is 3.77. The molecule has 0 radical (unpaired) electrons. The van der Waals surface area contributed by atoms with E-state index in [-0.39, 0.29) is 5.75 Å². The highest BCUT2D eigenvalue weighted by Crippen LogP contribution is 2.22. The number of aromatic hydroxyl groups is 1. The minimum Gasteiger partial charge on any atom is -0.508 e. The zero-order chi connectivity index (χ0) is 11.1. The fourth-order valence-electron chi connectivity index (χ4n) is 1.70. The minimum absolute atomic E-state index is 0.246. The van der Waals surface area contributed by atoms with Gasteiger partial charge in [-0.05, 0) is 18.9 Å². The standard InChI is InChI=1S/C13H18O2/c1-2-3-4-5-8-12-11(10-14)7-6-9-13(12)15/h6-7,9-10,15H,2-5,8H2,1H3. The Morgan fingerprint density at radius 1 is 1.27 bits per heavy atom. The van der Waals surface area contributed by atoms with Gasteiger partial charge in [-0.3, -0.25) is 4.79 Å². The van der Waals surface area contributed by atoms with Crippen molar-refractivity contribution in [3.63, 3.8) is 0 Å². The van der Waals surface area contributed by atoms with E-state index in [2.05, 4.69) is 6.92 Å². The largest absolute Gasteiger partial charge is 0.508 e. The van der Waals surface area contributed by atoms with Gasteiger partial charge in [0.1, 0.15) is 12.0 Å². The summed E-state index contributed by atoms with van der Waals surface area (Å²) in [4.78, 5) is 10.8. The molecule has 0 spiro atoms. The third-order valence-electron chi connectivity index (χ3n) is 2.59. The number of hydrogen-bond donors (Lipinski definition) is 1. The van der Waals surface area contributed by atoms with Gasteiger partial charge in [-0.2, -0.15) is 0 Å². The van der Waals surface area contributed by atoms with E-state index >= 15 is 0 Å². The molecule has 0 heterocycles. The van der Waals surface area contributed by atoms with E-state index in [1.54, 1.807) is 18.2 Å². The maximum Gasteiger partial charge on any atom is 0.150 e.